The van der Waals surface area contributed by atoms with Crippen molar-refractivity contribution < 1.29 is 24.2 Å². The average molecular weight is 383 g/mol. The topological polar surface area (TPSA) is 92.7 Å². The SMILES string of the molecule is CC(=O)c1ccc(OCCCC(=O)NCC(C)(C(=O)O)c2ccccc2)cc1. The van der Waals surface area contributed by atoms with Crippen molar-refractivity contribution in [2.45, 2.75) is 32.1 Å². The maximum Gasteiger partial charge on any atom is 0.315 e. The number of aliphatic carboxylic acids is 1. The lowest BCUT2D eigenvalue weighted by molar-refractivity contribution is -0.143. The smallest absolute Gasteiger partial charge is 0.315 e. The zero-order valence-electron chi connectivity index (χ0n) is 16.1. The zero-order chi connectivity index (χ0) is 20.6. The van der Waals surface area contributed by atoms with Gasteiger partial charge in [0.25, 0.3) is 0 Å². The Bertz CT molecular complexity index is 817. The molecule has 0 aliphatic rings. The average Bonchev–Trinajstić information content (AvgIpc) is 2.70. The van der Waals surface area contributed by atoms with Crippen LogP contribution < -0.4 is 10.1 Å². The highest BCUT2D eigenvalue weighted by Gasteiger charge is 2.35. The van der Waals surface area contributed by atoms with Crippen molar-refractivity contribution in [3.8, 4) is 5.75 Å². The van der Waals surface area contributed by atoms with Crippen molar-refractivity contribution in [1.82, 2.24) is 5.32 Å². The third-order valence-electron chi connectivity index (χ3n) is 4.60. The predicted octanol–water partition coefficient (Wildman–Crippen LogP) is 3.21. The highest BCUT2D eigenvalue weighted by Crippen LogP contribution is 2.23. The van der Waals surface area contributed by atoms with E-state index < -0.39 is 11.4 Å². The number of nitrogens with one attached hydrogen (secondary N) is 1. The van der Waals surface area contributed by atoms with E-state index in [1.165, 1.54) is 6.92 Å². The predicted molar refractivity (Wildman–Crippen MR) is 106 cm³/mol. The lowest BCUT2D eigenvalue weighted by Crippen LogP contribution is -2.44. The van der Waals surface area contributed by atoms with E-state index in [-0.39, 0.29) is 24.7 Å². The molecule has 28 heavy (non-hydrogen) atoms. The number of ether oxygens (including phenoxy) is 1. The summed E-state index contributed by atoms with van der Waals surface area (Å²) in [4.78, 5) is 35.0. The summed E-state index contributed by atoms with van der Waals surface area (Å²) < 4.78 is 5.56. The summed E-state index contributed by atoms with van der Waals surface area (Å²) in [5, 5.41) is 12.3. The van der Waals surface area contributed by atoms with Gasteiger partial charge in [0, 0.05) is 18.5 Å². The van der Waals surface area contributed by atoms with E-state index in [0.717, 1.165) is 0 Å². The van der Waals surface area contributed by atoms with Gasteiger partial charge in [-0.3, -0.25) is 14.4 Å². The molecular formula is C22H25NO5. The van der Waals surface area contributed by atoms with Crippen LogP contribution >= 0.6 is 0 Å². The number of hydrogen-bond acceptors (Lipinski definition) is 4. The van der Waals surface area contributed by atoms with Crippen molar-refractivity contribution in [3.05, 3.63) is 65.7 Å². The van der Waals surface area contributed by atoms with E-state index >= 15 is 0 Å². The van der Waals surface area contributed by atoms with Gasteiger partial charge in [-0.15, -0.1) is 0 Å². The highest BCUT2D eigenvalue weighted by molar-refractivity contribution is 5.94. The Labute approximate surface area is 164 Å². The Kier molecular flexibility index (Phi) is 7.32. The van der Waals surface area contributed by atoms with Crippen LogP contribution in [0.15, 0.2) is 54.6 Å². The Balaban J connectivity index is 1.77. The number of rotatable bonds is 10. The number of Topliss-reactive ketones (excluding diaryl/α,β-unsaturated/α-hetero) is 1. The maximum absolute atomic E-state index is 12.1. The Morgan fingerprint density at radius 3 is 2.25 bits per heavy atom. The monoisotopic (exact) mass is 383 g/mol. The number of hydrogen-bond donors (Lipinski definition) is 2. The zero-order valence-corrected chi connectivity index (χ0v) is 16.1. The van der Waals surface area contributed by atoms with E-state index in [1.54, 1.807) is 55.5 Å². The van der Waals surface area contributed by atoms with Gasteiger partial charge < -0.3 is 15.2 Å². The van der Waals surface area contributed by atoms with Gasteiger partial charge in [0.2, 0.25) is 5.91 Å². The highest BCUT2D eigenvalue weighted by atomic mass is 16.5. The fourth-order valence-corrected chi connectivity index (χ4v) is 2.68. The van der Waals surface area contributed by atoms with E-state index in [1.807, 2.05) is 6.07 Å². The maximum atomic E-state index is 12.1. The van der Waals surface area contributed by atoms with Crippen molar-refractivity contribution in [2.75, 3.05) is 13.2 Å². The molecule has 0 saturated heterocycles. The van der Waals surface area contributed by atoms with Crippen molar-refractivity contribution >= 4 is 17.7 Å². The molecule has 0 radical (unpaired) electrons. The fraction of sp³-hybridized carbons (Fsp3) is 0.318. The number of carbonyl (C=O) groups is 3. The summed E-state index contributed by atoms with van der Waals surface area (Å²) >= 11 is 0. The van der Waals surface area contributed by atoms with Crippen molar-refractivity contribution in [2.24, 2.45) is 0 Å². The minimum Gasteiger partial charge on any atom is -0.494 e. The largest absolute Gasteiger partial charge is 0.494 e. The first kappa shape index (κ1) is 21.2. The minimum atomic E-state index is -1.19. The van der Waals surface area contributed by atoms with Crippen molar-refractivity contribution in [3.63, 3.8) is 0 Å². The van der Waals surface area contributed by atoms with Crippen LogP contribution in [0.5, 0.6) is 5.75 Å². The summed E-state index contributed by atoms with van der Waals surface area (Å²) in [5.41, 5.74) is 0.0677. The van der Waals surface area contributed by atoms with Crippen LogP contribution in [0.4, 0.5) is 0 Å². The van der Waals surface area contributed by atoms with E-state index in [4.69, 9.17) is 4.74 Å². The fourth-order valence-electron chi connectivity index (χ4n) is 2.68. The molecule has 0 heterocycles. The molecule has 2 aromatic rings. The Morgan fingerprint density at radius 2 is 1.68 bits per heavy atom. The molecule has 1 atom stereocenters. The molecule has 2 aromatic carbocycles. The van der Waals surface area contributed by atoms with Gasteiger partial charge in [0.1, 0.15) is 11.2 Å². The molecule has 0 aliphatic carbocycles. The number of carbonyl (C=O) groups excluding carboxylic acids is 2. The van der Waals surface area contributed by atoms with Crippen LogP contribution in [-0.2, 0) is 15.0 Å². The first-order valence-electron chi connectivity index (χ1n) is 9.12. The second kappa shape index (κ2) is 9.69. The third-order valence-corrected chi connectivity index (χ3v) is 4.60. The van der Waals surface area contributed by atoms with Gasteiger partial charge in [-0.1, -0.05) is 30.3 Å². The Hall–Kier alpha value is -3.15. The second-order valence-electron chi connectivity index (χ2n) is 6.81. The molecule has 6 nitrogen and oxygen atoms in total. The van der Waals surface area contributed by atoms with E-state index in [9.17, 15) is 19.5 Å². The summed E-state index contributed by atoms with van der Waals surface area (Å²) in [6.07, 6.45) is 0.728. The summed E-state index contributed by atoms with van der Waals surface area (Å²) in [5.74, 6) is -0.588. The summed E-state index contributed by atoms with van der Waals surface area (Å²) in [7, 11) is 0. The number of carboxylic acid groups (broad SMARTS) is 1. The second-order valence-corrected chi connectivity index (χ2v) is 6.81. The molecule has 1 amide bonds. The molecule has 0 spiro atoms. The Morgan fingerprint density at radius 1 is 1.04 bits per heavy atom. The van der Waals surface area contributed by atoms with Gasteiger partial charge in [-0.2, -0.15) is 0 Å². The van der Waals surface area contributed by atoms with E-state index in [0.29, 0.717) is 29.9 Å². The first-order chi connectivity index (χ1) is 13.3. The molecule has 0 bridgehead atoms. The third kappa shape index (κ3) is 5.67. The molecule has 2 N–H and O–H groups in total. The molecule has 6 heteroatoms. The summed E-state index contributed by atoms with van der Waals surface area (Å²) in [6.45, 7) is 3.46. The quantitative estimate of drug-likeness (QED) is 0.485. The van der Waals surface area contributed by atoms with Gasteiger partial charge >= 0.3 is 5.97 Å². The molecule has 148 valence electrons. The normalized spacial score (nSPS) is 12.6. The van der Waals surface area contributed by atoms with Crippen molar-refractivity contribution in [1.29, 1.82) is 0 Å². The van der Waals surface area contributed by atoms with E-state index in [2.05, 4.69) is 5.32 Å². The number of amides is 1. The number of benzene rings is 2. The molecule has 0 aromatic heterocycles. The van der Waals surface area contributed by atoms with Gasteiger partial charge in [0.15, 0.2) is 5.78 Å². The minimum absolute atomic E-state index is 0.00733. The van der Waals surface area contributed by atoms with Gasteiger partial charge in [-0.05, 0) is 50.1 Å². The van der Waals surface area contributed by atoms with Crippen LogP contribution in [-0.4, -0.2) is 35.9 Å². The lowest BCUT2D eigenvalue weighted by Gasteiger charge is -2.25. The van der Waals surface area contributed by atoms with Gasteiger partial charge in [-0.25, -0.2) is 0 Å². The van der Waals surface area contributed by atoms with Crippen LogP contribution in [0.3, 0.4) is 0 Å². The number of carboxylic acids is 1. The van der Waals surface area contributed by atoms with Crippen LogP contribution in [0.1, 0.15) is 42.6 Å². The summed E-state index contributed by atoms with van der Waals surface area (Å²) in [6, 6.07) is 15.7. The molecule has 2 rings (SSSR count). The molecule has 0 saturated carbocycles. The standard InChI is InChI=1S/C22H25NO5/c1-16(24)17-10-12-19(13-11-17)28-14-6-9-20(25)23-15-22(2,21(26)27)18-7-4-3-5-8-18/h3-5,7-8,10-13H,6,9,14-15H2,1-2H3,(H,23,25)(H,26,27). The lowest BCUT2D eigenvalue weighted by atomic mass is 9.82. The molecule has 0 aliphatic heterocycles. The van der Waals surface area contributed by atoms with Crippen LogP contribution in [0, 0.1) is 0 Å². The first-order valence-corrected chi connectivity index (χ1v) is 9.12. The van der Waals surface area contributed by atoms with Crippen LogP contribution in [0.2, 0.25) is 0 Å². The van der Waals surface area contributed by atoms with Crippen LogP contribution in [0.25, 0.3) is 0 Å². The molecule has 0 fully saturated rings. The number of ketones is 1. The molecule has 1 unspecified atom stereocenters. The van der Waals surface area contributed by atoms with Gasteiger partial charge in [0.05, 0.1) is 6.61 Å². The molecular weight excluding hydrogens is 358 g/mol.